The van der Waals surface area contributed by atoms with Crippen LogP contribution >= 0.6 is 0 Å². The molecule has 1 fully saturated rings. The van der Waals surface area contributed by atoms with Gasteiger partial charge in [0.05, 0.1) is 0 Å². The number of nitrogens with zero attached hydrogens (tertiary/aromatic N) is 2. The van der Waals surface area contributed by atoms with Crippen molar-refractivity contribution in [2.75, 3.05) is 13.7 Å². The highest BCUT2D eigenvalue weighted by Gasteiger charge is 2.22. The minimum atomic E-state index is 0.726. The molecule has 0 bridgehead atoms. The second-order valence-corrected chi connectivity index (χ2v) is 3.83. The van der Waals surface area contributed by atoms with Crippen LogP contribution in [0.4, 0.5) is 0 Å². The second-order valence-electron chi connectivity index (χ2n) is 3.83. The van der Waals surface area contributed by atoms with Crippen LogP contribution in [0.2, 0.25) is 0 Å². The van der Waals surface area contributed by atoms with Gasteiger partial charge in [-0.05, 0) is 12.8 Å². The normalized spacial score (nSPS) is 26.9. The van der Waals surface area contributed by atoms with Crippen LogP contribution < -0.4 is 5.43 Å². The molecule has 1 N–H and O–H groups in total. The fourth-order valence-corrected chi connectivity index (χ4v) is 2.04. The summed E-state index contributed by atoms with van der Waals surface area (Å²) in [6.45, 7) is 0.825. The molecule has 3 nitrogen and oxygen atoms in total. The summed E-state index contributed by atoms with van der Waals surface area (Å²) in [6.07, 6.45) is 6.85. The summed E-state index contributed by atoms with van der Waals surface area (Å²) in [7, 11) is 2.04. The summed E-state index contributed by atoms with van der Waals surface area (Å²) < 4.78 is 0. The van der Waals surface area contributed by atoms with Crippen LogP contribution in [0.3, 0.4) is 0 Å². The third-order valence-electron chi connectivity index (χ3n) is 2.75. The highest BCUT2D eigenvalue weighted by molar-refractivity contribution is 5.85. The first-order valence-electron chi connectivity index (χ1n) is 4.88. The van der Waals surface area contributed by atoms with E-state index < -0.39 is 0 Å². The highest BCUT2D eigenvalue weighted by Crippen LogP contribution is 2.25. The molecule has 0 unspecified atom stereocenters. The zero-order chi connectivity index (χ0) is 8.39. The Balaban J connectivity index is 1.91. The fraction of sp³-hybridized carbons (Fsp3) is 0.889. The Hall–Kier alpha value is -0.570. The molecule has 12 heavy (non-hydrogen) atoms. The highest BCUT2D eigenvalue weighted by atomic mass is 15.6. The molecule has 0 aromatic carbocycles. The van der Waals surface area contributed by atoms with Crippen molar-refractivity contribution < 1.29 is 0 Å². The van der Waals surface area contributed by atoms with Crippen LogP contribution in [-0.2, 0) is 0 Å². The number of aliphatic imine (C=N–C) groups is 1. The van der Waals surface area contributed by atoms with Crippen LogP contribution in [0, 0.1) is 5.92 Å². The van der Waals surface area contributed by atoms with Crippen molar-refractivity contribution in [2.45, 2.75) is 32.1 Å². The van der Waals surface area contributed by atoms with E-state index in [0.29, 0.717) is 0 Å². The van der Waals surface area contributed by atoms with Crippen LogP contribution in [0.15, 0.2) is 4.99 Å². The molecule has 2 rings (SSSR count). The van der Waals surface area contributed by atoms with Crippen molar-refractivity contribution in [3.8, 4) is 0 Å². The van der Waals surface area contributed by atoms with Crippen LogP contribution in [0.5, 0.6) is 0 Å². The Labute approximate surface area is 73.8 Å². The topological polar surface area (TPSA) is 27.6 Å². The van der Waals surface area contributed by atoms with Gasteiger partial charge in [0.2, 0.25) is 0 Å². The maximum Gasteiger partial charge on any atom is 0.116 e. The summed E-state index contributed by atoms with van der Waals surface area (Å²) in [4.78, 5) is 4.47. The van der Waals surface area contributed by atoms with Crippen molar-refractivity contribution in [3.63, 3.8) is 0 Å². The minimum absolute atomic E-state index is 0.726. The van der Waals surface area contributed by atoms with Crippen LogP contribution in [0.1, 0.15) is 32.1 Å². The number of nitrogens with one attached hydrogen (secondary N) is 1. The van der Waals surface area contributed by atoms with E-state index in [4.69, 9.17) is 0 Å². The van der Waals surface area contributed by atoms with Crippen molar-refractivity contribution in [3.05, 3.63) is 0 Å². The number of rotatable bonds is 1. The molecule has 0 saturated heterocycles. The van der Waals surface area contributed by atoms with E-state index >= 15 is 0 Å². The van der Waals surface area contributed by atoms with E-state index in [2.05, 4.69) is 10.4 Å². The zero-order valence-corrected chi connectivity index (χ0v) is 7.71. The molecule has 1 aliphatic carbocycles. The Morgan fingerprint density at radius 2 is 2.08 bits per heavy atom. The summed E-state index contributed by atoms with van der Waals surface area (Å²) >= 11 is 0. The maximum absolute atomic E-state index is 4.47. The molecular weight excluding hydrogens is 150 g/mol. The van der Waals surface area contributed by atoms with E-state index in [1.54, 1.807) is 0 Å². The van der Waals surface area contributed by atoms with E-state index in [1.807, 2.05) is 12.1 Å². The molecule has 0 atom stereocenters. The minimum Gasteiger partial charge on any atom is -0.305 e. The molecule has 0 aromatic rings. The number of hydrogen-bond donors (Lipinski definition) is 1. The van der Waals surface area contributed by atoms with Gasteiger partial charge in [0, 0.05) is 13.0 Å². The average Bonchev–Trinajstić information content (AvgIpc) is 2.54. The van der Waals surface area contributed by atoms with E-state index in [9.17, 15) is 0 Å². The molecule has 1 saturated carbocycles. The predicted octanol–water partition coefficient (Wildman–Crippen LogP) is 1.37. The number of hydrazine groups is 1. The molecule has 1 heterocycles. The largest absolute Gasteiger partial charge is 0.305 e. The van der Waals surface area contributed by atoms with E-state index in [-0.39, 0.29) is 0 Å². The van der Waals surface area contributed by atoms with E-state index in [1.165, 1.54) is 37.9 Å². The van der Waals surface area contributed by atoms with Crippen molar-refractivity contribution in [1.29, 1.82) is 0 Å². The molecule has 2 aliphatic rings. The molecule has 68 valence electrons. The third kappa shape index (κ3) is 1.61. The van der Waals surface area contributed by atoms with Crippen molar-refractivity contribution in [1.82, 2.24) is 10.4 Å². The summed E-state index contributed by atoms with van der Waals surface area (Å²) in [5.41, 5.74) is 3.31. The second kappa shape index (κ2) is 3.44. The maximum atomic E-state index is 4.47. The fourth-order valence-electron chi connectivity index (χ4n) is 2.04. The average molecular weight is 167 g/mol. The first-order valence-corrected chi connectivity index (χ1v) is 4.88. The smallest absolute Gasteiger partial charge is 0.116 e. The number of hydrogen-bond acceptors (Lipinski definition) is 3. The third-order valence-corrected chi connectivity index (χ3v) is 2.75. The first-order chi connectivity index (χ1) is 5.86. The predicted molar refractivity (Wildman–Crippen MR) is 49.8 cm³/mol. The molecular formula is C9H17N3. The molecule has 0 amide bonds. The molecule has 0 spiro atoms. The van der Waals surface area contributed by atoms with Gasteiger partial charge in [-0.15, -0.1) is 0 Å². The van der Waals surface area contributed by atoms with Crippen LogP contribution in [-0.4, -0.2) is 24.6 Å². The summed E-state index contributed by atoms with van der Waals surface area (Å²) in [6, 6.07) is 0. The lowest BCUT2D eigenvalue weighted by Gasteiger charge is -2.22. The van der Waals surface area contributed by atoms with Crippen LogP contribution in [0.25, 0.3) is 0 Å². The van der Waals surface area contributed by atoms with E-state index in [0.717, 1.165) is 12.6 Å². The summed E-state index contributed by atoms with van der Waals surface area (Å²) in [5.74, 6) is 1.96. The monoisotopic (exact) mass is 167 g/mol. The van der Waals surface area contributed by atoms with Gasteiger partial charge in [-0.25, -0.2) is 5.01 Å². The Bertz CT molecular complexity index is 182. The Morgan fingerprint density at radius 3 is 2.67 bits per heavy atom. The Kier molecular flexibility index (Phi) is 2.30. The van der Waals surface area contributed by atoms with Crippen molar-refractivity contribution in [2.24, 2.45) is 10.9 Å². The Morgan fingerprint density at radius 1 is 1.33 bits per heavy atom. The quantitative estimate of drug-likeness (QED) is 0.638. The van der Waals surface area contributed by atoms with Gasteiger partial charge in [-0.1, -0.05) is 19.3 Å². The van der Waals surface area contributed by atoms with Gasteiger partial charge in [-0.2, -0.15) is 0 Å². The summed E-state index contributed by atoms with van der Waals surface area (Å²) in [5, 5.41) is 2.05. The van der Waals surface area contributed by atoms with Gasteiger partial charge >= 0.3 is 0 Å². The molecule has 0 radical (unpaired) electrons. The molecule has 0 aromatic heterocycles. The lowest BCUT2D eigenvalue weighted by molar-refractivity contribution is 0.321. The first kappa shape index (κ1) is 8.05. The lowest BCUT2D eigenvalue weighted by atomic mass is 9.88. The molecule has 1 aliphatic heterocycles. The van der Waals surface area contributed by atoms with Gasteiger partial charge in [0.25, 0.3) is 0 Å². The number of amidine groups is 1. The van der Waals surface area contributed by atoms with Gasteiger partial charge in [-0.3, -0.25) is 4.99 Å². The van der Waals surface area contributed by atoms with Gasteiger partial charge < -0.3 is 5.43 Å². The zero-order valence-electron chi connectivity index (χ0n) is 7.71. The standard InChI is InChI=1S/C9H17N3/c1-12-7-10-9(11-12)8-5-3-2-4-6-8/h8H,2-7H2,1H3,(H,10,11). The molecule has 3 heteroatoms. The SMILES string of the molecule is CN1CN=C(C2CCCCC2)N1. The van der Waals surface area contributed by atoms with Gasteiger partial charge in [0.15, 0.2) is 0 Å². The lowest BCUT2D eigenvalue weighted by Crippen LogP contribution is -2.36. The van der Waals surface area contributed by atoms with Crippen molar-refractivity contribution >= 4 is 5.84 Å². The van der Waals surface area contributed by atoms with Gasteiger partial charge in [0.1, 0.15) is 12.5 Å².